The molecule has 3 rings (SSSR count). The van der Waals surface area contributed by atoms with Crippen molar-refractivity contribution in [3.05, 3.63) is 70.1 Å². The maximum Gasteiger partial charge on any atom is 0.336 e. The molecule has 3 aromatic rings. The van der Waals surface area contributed by atoms with Gasteiger partial charge in [0, 0.05) is 23.1 Å². The largest absolute Gasteiger partial charge is 0.497 e. The molecule has 0 saturated heterocycles. The summed E-state index contributed by atoms with van der Waals surface area (Å²) >= 11 is 0. The van der Waals surface area contributed by atoms with Crippen LogP contribution in [0.4, 0.5) is 0 Å². The van der Waals surface area contributed by atoms with E-state index in [4.69, 9.17) is 13.9 Å². The molecule has 0 spiro atoms. The van der Waals surface area contributed by atoms with Crippen LogP contribution < -0.4 is 15.1 Å². The van der Waals surface area contributed by atoms with E-state index in [9.17, 15) is 4.79 Å². The predicted molar refractivity (Wildman–Crippen MR) is 84.5 cm³/mol. The molecule has 0 radical (unpaired) electrons. The second-order valence-corrected chi connectivity index (χ2v) is 5.01. The molecule has 0 saturated carbocycles. The van der Waals surface area contributed by atoms with Crippen molar-refractivity contribution in [1.82, 2.24) is 0 Å². The van der Waals surface area contributed by atoms with Gasteiger partial charge in [0.2, 0.25) is 0 Å². The molecule has 0 fully saturated rings. The van der Waals surface area contributed by atoms with Crippen molar-refractivity contribution in [3.8, 4) is 11.5 Å². The molecular formula is C18H16O4. The van der Waals surface area contributed by atoms with Crippen LogP contribution in [-0.2, 0) is 6.61 Å². The van der Waals surface area contributed by atoms with Crippen LogP contribution in [0, 0.1) is 6.92 Å². The van der Waals surface area contributed by atoms with E-state index in [1.165, 1.54) is 6.07 Å². The highest BCUT2D eigenvalue weighted by Crippen LogP contribution is 2.24. The van der Waals surface area contributed by atoms with Gasteiger partial charge in [-0.15, -0.1) is 0 Å². The Morgan fingerprint density at radius 1 is 1.09 bits per heavy atom. The summed E-state index contributed by atoms with van der Waals surface area (Å²) in [6, 6.07) is 14.6. The van der Waals surface area contributed by atoms with Crippen molar-refractivity contribution >= 4 is 11.0 Å². The highest BCUT2D eigenvalue weighted by Gasteiger charge is 2.08. The number of aryl methyl sites for hydroxylation is 1. The van der Waals surface area contributed by atoms with E-state index in [1.54, 1.807) is 13.2 Å². The summed E-state index contributed by atoms with van der Waals surface area (Å²) in [6.45, 7) is 2.29. The number of fused-ring (bicyclic) bond motifs is 1. The van der Waals surface area contributed by atoms with Gasteiger partial charge in [0.05, 0.1) is 7.11 Å². The first-order valence-corrected chi connectivity index (χ1v) is 6.96. The summed E-state index contributed by atoms with van der Waals surface area (Å²) in [5, 5.41) is 0.842. The van der Waals surface area contributed by atoms with Gasteiger partial charge in [0.25, 0.3) is 0 Å². The van der Waals surface area contributed by atoms with E-state index in [0.717, 1.165) is 22.3 Å². The standard InChI is InChI=1S/C18H16O4/c1-12-5-3-4-6-16(12)21-11-13-9-18(19)22-17-10-14(20-2)7-8-15(13)17/h3-10H,11H2,1-2H3. The maximum atomic E-state index is 11.7. The number of rotatable bonds is 4. The topological polar surface area (TPSA) is 48.7 Å². The van der Waals surface area contributed by atoms with Crippen molar-refractivity contribution in [2.24, 2.45) is 0 Å². The highest BCUT2D eigenvalue weighted by molar-refractivity contribution is 5.81. The van der Waals surface area contributed by atoms with Crippen LogP contribution in [0.25, 0.3) is 11.0 Å². The molecule has 4 heteroatoms. The first-order valence-electron chi connectivity index (χ1n) is 6.96. The van der Waals surface area contributed by atoms with Crippen LogP contribution >= 0.6 is 0 Å². The average molecular weight is 296 g/mol. The number of para-hydroxylation sites is 1. The highest BCUT2D eigenvalue weighted by atomic mass is 16.5. The Bertz CT molecular complexity index is 864. The van der Waals surface area contributed by atoms with Crippen LogP contribution in [0.15, 0.2) is 57.7 Å². The molecule has 0 aliphatic heterocycles. The van der Waals surface area contributed by atoms with E-state index in [-0.39, 0.29) is 0 Å². The molecule has 0 unspecified atom stereocenters. The molecular weight excluding hydrogens is 280 g/mol. The third-order valence-electron chi connectivity index (χ3n) is 3.51. The summed E-state index contributed by atoms with van der Waals surface area (Å²) in [7, 11) is 1.57. The van der Waals surface area contributed by atoms with Gasteiger partial charge >= 0.3 is 5.63 Å². The minimum absolute atomic E-state index is 0.305. The second kappa shape index (κ2) is 5.93. The minimum atomic E-state index is -0.399. The van der Waals surface area contributed by atoms with Gasteiger partial charge < -0.3 is 13.9 Å². The molecule has 0 aliphatic carbocycles. The fourth-order valence-electron chi connectivity index (χ4n) is 2.33. The normalized spacial score (nSPS) is 10.6. The zero-order valence-electron chi connectivity index (χ0n) is 12.5. The molecule has 1 heterocycles. The van der Waals surface area contributed by atoms with Crippen molar-refractivity contribution in [1.29, 1.82) is 0 Å². The Morgan fingerprint density at radius 2 is 1.91 bits per heavy atom. The number of hydrogen-bond acceptors (Lipinski definition) is 4. The molecule has 22 heavy (non-hydrogen) atoms. The molecule has 112 valence electrons. The summed E-state index contributed by atoms with van der Waals surface area (Å²) in [6.07, 6.45) is 0. The van der Waals surface area contributed by atoms with Gasteiger partial charge in [0.15, 0.2) is 0 Å². The maximum absolute atomic E-state index is 11.7. The van der Waals surface area contributed by atoms with Crippen molar-refractivity contribution in [2.75, 3.05) is 7.11 Å². The summed E-state index contributed by atoms with van der Waals surface area (Å²) < 4.78 is 16.2. The summed E-state index contributed by atoms with van der Waals surface area (Å²) in [5.41, 5.74) is 1.94. The van der Waals surface area contributed by atoms with Crippen LogP contribution in [-0.4, -0.2) is 7.11 Å². The van der Waals surface area contributed by atoms with E-state index in [2.05, 4.69) is 0 Å². The molecule has 0 aliphatic rings. The number of hydrogen-bond donors (Lipinski definition) is 0. The zero-order valence-corrected chi connectivity index (χ0v) is 12.5. The first-order chi connectivity index (χ1) is 10.7. The third-order valence-corrected chi connectivity index (χ3v) is 3.51. The average Bonchev–Trinajstić information content (AvgIpc) is 2.53. The Labute approximate surface area is 127 Å². The van der Waals surface area contributed by atoms with E-state index >= 15 is 0 Å². The fourth-order valence-corrected chi connectivity index (χ4v) is 2.33. The number of methoxy groups -OCH3 is 1. The lowest BCUT2D eigenvalue weighted by atomic mass is 10.1. The molecule has 0 N–H and O–H groups in total. The summed E-state index contributed by atoms with van der Waals surface area (Å²) in [4.78, 5) is 11.7. The van der Waals surface area contributed by atoms with Crippen LogP contribution in [0.5, 0.6) is 11.5 Å². The molecule has 0 bridgehead atoms. The monoisotopic (exact) mass is 296 g/mol. The van der Waals surface area contributed by atoms with Gasteiger partial charge in [-0.3, -0.25) is 0 Å². The smallest absolute Gasteiger partial charge is 0.336 e. The Kier molecular flexibility index (Phi) is 3.83. The van der Waals surface area contributed by atoms with Gasteiger partial charge in [-0.05, 0) is 30.7 Å². The van der Waals surface area contributed by atoms with Crippen molar-refractivity contribution in [3.63, 3.8) is 0 Å². The van der Waals surface area contributed by atoms with Crippen LogP contribution in [0.2, 0.25) is 0 Å². The van der Waals surface area contributed by atoms with E-state index in [1.807, 2.05) is 43.3 Å². The first kappa shape index (κ1) is 14.2. The zero-order chi connectivity index (χ0) is 15.5. The lowest BCUT2D eigenvalue weighted by Gasteiger charge is -2.10. The van der Waals surface area contributed by atoms with E-state index in [0.29, 0.717) is 17.9 Å². The minimum Gasteiger partial charge on any atom is -0.497 e. The molecule has 2 aromatic carbocycles. The van der Waals surface area contributed by atoms with Gasteiger partial charge in [0.1, 0.15) is 23.7 Å². The molecule has 4 nitrogen and oxygen atoms in total. The number of benzene rings is 2. The van der Waals surface area contributed by atoms with Gasteiger partial charge in [-0.1, -0.05) is 18.2 Å². The van der Waals surface area contributed by atoms with Crippen molar-refractivity contribution in [2.45, 2.75) is 13.5 Å². The summed E-state index contributed by atoms with van der Waals surface area (Å²) in [5.74, 6) is 1.45. The predicted octanol–water partition coefficient (Wildman–Crippen LogP) is 3.69. The fraction of sp³-hybridized carbons (Fsp3) is 0.167. The second-order valence-electron chi connectivity index (χ2n) is 5.01. The Morgan fingerprint density at radius 3 is 2.68 bits per heavy atom. The van der Waals surface area contributed by atoms with Crippen molar-refractivity contribution < 1.29 is 13.9 Å². The SMILES string of the molecule is COc1ccc2c(COc3ccccc3C)cc(=O)oc2c1. The van der Waals surface area contributed by atoms with Crippen LogP contribution in [0.1, 0.15) is 11.1 Å². The molecule has 1 aromatic heterocycles. The van der Waals surface area contributed by atoms with Gasteiger partial charge in [-0.2, -0.15) is 0 Å². The Hall–Kier alpha value is -2.75. The van der Waals surface area contributed by atoms with Gasteiger partial charge in [-0.25, -0.2) is 4.79 Å². The Balaban J connectivity index is 1.96. The quantitative estimate of drug-likeness (QED) is 0.689. The lowest BCUT2D eigenvalue weighted by molar-refractivity contribution is 0.304. The van der Waals surface area contributed by atoms with Crippen LogP contribution in [0.3, 0.4) is 0 Å². The third kappa shape index (κ3) is 2.81. The molecule has 0 amide bonds. The lowest BCUT2D eigenvalue weighted by Crippen LogP contribution is -2.04. The number of ether oxygens (including phenoxy) is 2. The molecule has 0 atom stereocenters. The van der Waals surface area contributed by atoms with E-state index < -0.39 is 5.63 Å².